The van der Waals surface area contributed by atoms with Crippen LogP contribution >= 0.6 is 12.4 Å². The number of unbranched alkanes of at least 4 members (excludes halogenated alkanes) is 4. The topological polar surface area (TPSA) is 50.7 Å². The molecule has 0 unspecified atom stereocenters. The lowest BCUT2D eigenvalue weighted by molar-refractivity contribution is 0.196. The molecular formula is C17H30ClNO3. The van der Waals surface area contributed by atoms with Gasteiger partial charge in [-0.25, -0.2) is 0 Å². The van der Waals surface area contributed by atoms with Gasteiger partial charge in [0.25, 0.3) is 0 Å². The molecule has 128 valence electrons. The van der Waals surface area contributed by atoms with Gasteiger partial charge in [0.15, 0.2) is 11.5 Å². The van der Waals surface area contributed by atoms with Crippen molar-refractivity contribution >= 4 is 12.4 Å². The number of aliphatic hydroxyl groups is 1. The molecular weight excluding hydrogens is 302 g/mol. The molecule has 0 aliphatic heterocycles. The lowest BCUT2D eigenvalue weighted by Crippen LogP contribution is -2.14. The molecule has 4 nitrogen and oxygen atoms in total. The van der Waals surface area contributed by atoms with E-state index >= 15 is 0 Å². The third-order valence-corrected chi connectivity index (χ3v) is 3.36. The molecule has 0 aromatic heterocycles. The molecule has 0 heterocycles. The van der Waals surface area contributed by atoms with Crippen LogP contribution in [0, 0.1) is 0 Å². The van der Waals surface area contributed by atoms with Gasteiger partial charge in [0.05, 0.1) is 13.7 Å². The summed E-state index contributed by atoms with van der Waals surface area (Å²) in [5.41, 5.74) is 1.18. The van der Waals surface area contributed by atoms with Gasteiger partial charge in [0.1, 0.15) is 6.61 Å². The molecule has 0 aliphatic rings. The summed E-state index contributed by atoms with van der Waals surface area (Å²) in [6.45, 7) is 4.41. The molecule has 5 heteroatoms. The second-order valence-electron chi connectivity index (χ2n) is 5.15. The smallest absolute Gasteiger partial charge is 0.161 e. The summed E-state index contributed by atoms with van der Waals surface area (Å²) in [5, 5.41) is 12.2. The SMILES string of the molecule is CCCCCCCNCc1ccc(OCCO)c(OC)c1.Cl. The maximum Gasteiger partial charge on any atom is 0.161 e. The van der Waals surface area contributed by atoms with Gasteiger partial charge in [-0.15, -0.1) is 12.4 Å². The monoisotopic (exact) mass is 331 g/mol. The van der Waals surface area contributed by atoms with Crippen molar-refractivity contribution in [2.75, 3.05) is 26.9 Å². The average molecular weight is 332 g/mol. The molecule has 0 bridgehead atoms. The standard InChI is InChI=1S/C17H29NO3.ClH/c1-3-4-5-6-7-10-18-14-15-8-9-16(21-12-11-19)17(13-15)20-2;/h8-9,13,18-19H,3-7,10-12,14H2,1-2H3;1H. The molecule has 0 saturated carbocycles. The van der Waals surface area contributed by atoms with Gasteiger partial charge in [-0.2, -0.15) is 0 Å². The second kappa shape index (κ2) is 13.7. The van der Waals surface area contributed by atoms with Crippen LogP contribution in [0.15, 0.2) is 18.2 Å². The lowest BCUT2D eigenvalue weighted by Gasteiger charge is -2.12. The first-order valence-corrected chi connectivity index (χ1v) is 7.93. The van der Waals surface area contributed by atoms with Crippen LogP contribution < -0.4 is 14.8 Å². The Morgan fingerprint density at radius 3 is 2.55 bits per heavy atom. The fourth-order valence-electron chi connectivity index (χ4n) is 2.18. The van der Waals surface area contributed by atoms with Gasteiger partial charge < -0.3 is 19.9 Å². The quantitative estimate of drug-likeness (QED) is 0.575. The predicted octanol–water partition coefficient (Wildman–Crippen LogP) is 3.55. The van der Waals surface area contributed by atoms with Crippen LogP contribution in [0.5, 0.6) is 11.5 Å². The first-order valence-electron chi connectivity index (χ1n) is 7.93. The summed E-state index contributed by atoms with van der Waals surface area (Å²) >= 11 is 0. The minimum Gasteiger partial charge on any atom is -0.493 e. The Morgan fingerprint density at radius 2 is 1.86 bits per heavy atom. The van der Waals surface area contributed by atoms with Crippen molar-refractivity contribution < 1.29 is 14.6 Å². The van der Waals surface area contributed by atoms with Gasteiger partial charge in [-0.3, -0.25) is 0 Å². The summed E-state index contributed by atoms with van der Waals surface area (Å²) < 4.78 is 10.7. The van der Waals surface area contributed by atoms with E-state index in [1.807, 2.05) is 18.2 Å². The number of aliphatic hydroxyl groups excluding tert-OH is 1. The zero-order valence-electron chi connectivity index (χ0n) is 13.8. The van der Waals surface area contributed by atoms with Gasteiger partial charge in [0.2, 0.25) is 0 Å². The van der Waals surface area contributed by atoms with Crippen molar-refractivity contribution in [1.82, 2.24) is 5.32 Å². The van der Waals surface area contributed by atoms with E-state index in [9.17, 15) is 0 Å². The highest BCUT2D eigenvalue weighted by atomic mass is 35.5. The Bertz CT molecular complexity index is 388. The number of hydrogen-bond donors (Lipinski definition) is 2. The highest BCUT2D eigenvalue weighted by Crippen LogP contribution is 2.27. The molecule has 1 aromatic rings. The lowest BCUT2D eigenvalue weighted by atomic mass is 10.1. The van der Waals surface area contributed by atoms with Gasteiger partial charge >= 0.3 is 0 Å². The number of rotatable bonds is 12. The Hall–Kier alpha value is -0.970. The highest BCUT2D eigenvalue weighted by molar-refractivity contribution is 5.85. The molecule has 0 saturated heterocycles. The summed E-state index contributed by atoms with van der Waals surface area (Å²) in [7, 11) is 1.63. The molecule has 2 N–H and O–H groups in total. The molecule has 1 aromatic carbocycles. The third-order valence-electron chi connectivity index (χ3n) is 3.36. The van der Waals surface area contributed by atoms with Crippen LogP contribution in [0.3, 0.4) is 0 Å². The largest absolute Gasteiger partial charge is 0.493 e. The summed E-state index contributed by atoms with van der Waals surface area (Å²) in [6, 6.07) is 5.91. The minimum atomic E-state index is 0. The van der Waals surface area contributed by atoms with Crippen molar-refractivity contribution in [2.45, 2.75) is 45.6 Å². The fraction of sp³-hybridized carbons (Fsp3) is 0.647. The molecule has 0 aliphatic carbocycles. The molecule has 1 rings (SSSR count). The van der Waals surface area contributed by atoms with Crippen LogP contribution in [0.1, 0.15) is 44.6 Å². The number of methoxy groups -OCH3 is 1. The van der Waals surface area contributed by atoms with E-state index in [0.717, 1.165) is 13.1 Å². The highest BCUT2D eigenvalue weighted by Gasteiger charge is 2.05. The maximum absolute atomic E-state index is 8.79. The number of benzene rings is 1. The van der Waals surface area contributed by atoms with Crippen LogP contribution in [0.25, 0.3) is 0 Å². The van der Waals surface area contributed by atoms with E-state index in [1.54, 1.807) is 7.11 Å². The number of halogens is 1. The zero-order chi connectivity index (χ0) is 15.3. The average Bonchev–Trinajstić information content (AvgIpc) is 2.52. The molecule has 0 atom stereocenters. The van der Waals surface area contributed by atoms with Crippen molar-refractivity contribution in [1.29, 1.82) is 0 Å². The third kappa shape index (κ3) is 8.47. The zero-order valence-corrected chi connectivity index (χ0v) is 14.6. The fourth-order valence-corrected chi connectivity index (χ4v) is 2.18. The van der Waals surface area contributed by atoms with Crippen molar-refractivity contribution in [3.63, 3.8) is 0 Å². The normalized spacial score (nSPS) is 10.1. The molecule has 0 spiro atoms. The van der Waals surface area contributed by atoms with Crippen LogP contribution in [-0.4, -0.2) is 32.0 Å². The second-order valence-corrected chi connectivity index (χ2v) is 5.15. The van der Waals surface area contributed by atoms with Crippen LogP contribution in [0.2, 0.25) is 0 Å². The van der Waals surface area contributed by atoms with E-state index in [1.165, 1.54) is 37.7 Å². The van der Waals surface area contributed by atoms with Gasteiger partial charge in [-0.05, 0) is 30.7 Å². The Labute approximate surface area is 140 Å². The Balaban J connectivity index is 0.00000441. The van der Waals surface area contributed by atoms with Crippen LogP contribution in [0.4, 0.5) is 0 Å². The van der Waals surface area contributed by atoms with Crippen molar-refractivity contribution in [3.8, 4) is 11.5 Å². The number of ether oxygens (including phenoxy) is 2. The van der Waals surface area contributed by atoms with Gasteiger partial charge in [0, 0.05) is 6.54 Å². The van der Waals surface area contributed by atoms with Gasteiger partial charge in [-0.1, -0.05) is 38.7 Å². The van der Waals surface area contributed by atoms with E-state index in [0.29, 0.717) is 11.5 Å². The first kappa shape index (κ1) is 21.0. The maximum atomic E-state index is 8.79. The summed E-state index contributed by atoms with van der Waals surface area (Å²) in [6.07, 6.45) is 6.50. The molecule has 22 heavy (non-hydrogen) atoms. The molecule has 0 radical (unpaired) electrons. The van der Waals surface area contributed by atoms with E-state index in [-0.39, 0.29) is 25.6 Å². The Kier molecular flexibility index (Phi) is 13.1. The minimum absolute atomic E-state index is 0. The summed E-state index contributed by atoms with van der Waals surface area (Å²) in [4.78, 5) is 0. The Morgan fingerprint density at radius 1 is 1.09 bits per heavy atom. The van der Waals surface area contributed by atoms with E-state index < -0.39 is 0 Å². The summed E-state index contributed by atoms with van der Waals surface area (Å²) in [5.74, 6) is 1.39. The predicted molar refractivity (Wildman–Crippen MR) is 93.3 cm³/mol. The van der Waals surface area contributed by atoms with Crippen molar-refractivity contribution in [3.05, 3.63) is 23.8 Å². The molecule has 0 amide bonds. The van der Waals surface area contributed by atoms with E-state index in [4.69, 9.17) is 14.6 Å². The molecule has 0 fully saturated rings. The number of hydrogen-bond acceptors (Lipinski definition) is 4. The van der Waals surface area contributed by atoms with Crippen molar-refractivity contribution in [2.24, 2.45) is 0 Å². The number of nitrogens with one attached hydrogen (secondary N) is 1. The van der Waals surface area contributed by atoms with E-state index in [2.05, 4.69) is 12.2 Å². The van der Waals surface area contributed by atoms with Crippen LogP contribution in [-0.2, 0) is 6.54 Å². The first-order chi connectivity index (χ1) is 10.3.